The van der Waals surface area contributed by atoms with Crippen LogP contribution in [-0.4, -0.2) is 24.2 Å². The molecule has 0 radical (unpaired) electrons. The number of hydrogen-bond donors (Lipinski definition) is 2. The monoisotopic (exact) mass is 291 g/mol. The lowest BCUT2D eigenvalue weighted by atomic mass is 9.87. The Balaban J connectivity index is 2.41. The second-order valence-corrected chi connectivity index (χ2v) is 5.98. The molecule has 0 heterocycles. The maximum Gasteiger partial charge on any atom is 0.243 e. The van der Waals surface area contributed by atoms with E-state index in [4.69, 9.17) is 4.74 Å². The molecule has 0 atom stereocenters. The van der Waals surface area contributed by atoms with Crippen LogP contribution in [0, 0.1) is 0 Å². The van der Waals surface area contributed by atoms with Crippen molar-refractivity contribution in [3.8, 4) is 11.5 Å². The smallest absolute Gasteiger partial charge is 0.243 e. The number of rotatable bonds is 7. The number of carbonyl (C=O) groups excluding carboxylic acids is 1. The average molecular weight is 291 g/mol. The first-order valence-corrected chi connectivity index (χ1v) is 7.21. The Bertz CT molecular complexity index is 489. The average Bonchev–Trinajstić information content (AvgIpc) is 2.42. The second kappa shape index (κ2) is 7.72. The van der Waals surface area contributed by atoms with Crippen LogP contribution in [-0.2, 0) is 10.2 Å². The van der Waals surface area contributed by atoms with Crippen molar-refractivity contribution in [2.75, 3.05) is 13.2 Å². The molecule has 4 nitrogen and oxygen atoms in total. The SMILES string of the molecule is C=CC(=O)NCCCCOc1cc(C(C)(C)C)ccc1O. The van der Waals surface area contributed by atoms with Gasteiger partial charge in [-0.3, -0.25) is 4.79 Å². The lowest BCUT2D eigenvalue weighted by Gasteiger charge is -2.20. The summed E-state index contributed by atoms with van der Waals surface area (Å²) in [6, 6.07) is 5.46. The fraction of sp³-hybridized carbons (Fsp3) is 0.471. The van der Waals surface area contributed by atoms with E-state index in [9.17, 15) is 9.90 Å². The number of aromatic hydroxyl groups is 1. The van der Waals surface area contributed by atoms with Gasteiger partial charge in [-0.2, -0.15) is 0 Å². The first kappa shape index (κ1) is 17.1. The van der Waals surface area contributed by atoms with E-state index in [0.717, 1.165) is 18.4 Å². The molecule has 1 aromatic rings. The lowest BCUT2D eigenvalue weighted by molar-refractivity contribution is -0.116. The molecule has 1 aromatic carbocycles. The number of nitrogens with one attached hydrogen (secondary N) is 1. The van der Waals surface area contributed by atoms with E-state index in [1.807, 2.05) is 12.1 Å². The maximum atomic E-state index is 10.9. The van der Waals surface area contributed by atoms with Gasteiger partial charge in [-0.1, -0.05) is 33.4 Å². The molecule has 1 rings (SSSR count). The summed E-state index contributed by atoms with van der Waals surface area (Å²) < 4.78 is 5.62. The standard InChI is InChI=1S/C17H25NO3/c1-5-16(20)18-10-6-7-11-21-15-12-13(17(2,3)4)8-9-14(15)19/h5,8-9,12,19H,1,6-7,10-11H2,2-4H3,(H,18,20). The maximum absolute atomic E-state index is 10.9. The minimum atomic E-state index is -0.161. The minimum Gasteiger partial charge on any atom is -0.504 e. The Labute approximate surface area is 126 Å². The molecular formula is C17H25NO3. The number of hydrogen-bond acceptors (Lipinski definition) is 3. The van der Waals surface area contributed by atoms with Crippen molar-refractivity contribution in [3.63, 3.8) is 0 Å². The van der Waals surface area contributed by atoms with Crippen LogP contribution in [0.4, 0.5) is 0 Å². The Morgan fingerprint density at radius 1 is 1.38 bits per heavy atom. The molecule has 0 saturated carbocycles. The zero-order valence-corrected chi connectivity index (χ0v) is 13.1. The van der Waals surface area contributed by atoms with Crippen LogP contribution in [0.3, 0.4) is 0 Å². The van der Waals surface area contributed by atoms with Gasteiger partial charge in [-0.05, 0) is 42.0 Å². The van der Waals surface area contributed by atoms with E-state index < -0.39 is 0 Å². The van der Waals surface area contributed by atoms with Crippen LogP contribution >= 0.6 is 0 Å². The van der Waals surface area contributed by atoms with Crippen LogP contribution < -0.4 is 10.1 Å². The Kier molecular flexibility index (Phi) is 6.28. The topological polar surface area (TPSA) is 58.6 Å². The van der Waals surface area contributed by atoms with E-state index in [1.54, 1.807) is 6.07 Å². The van der Waals surface area contributed by atoms with Gasteiger partial charge in [-0.15, -0.1) is 0 Å². The molecule has 0 spiro atoms. The van der Waals surface area contributed by atoms with Gasteiger partial charge in [0, 0.05) is 6.54 Å². The third-order valence-corrected chi connectivity index (χ3v) is 3.14. The fourth-order valence-electron chi connectivity index (χ4n) is 1.79. The van der Waals surface area contributed by atoms with Crippen molar-refractivity contribution < 1.29 is 14.6 Å². The quantitative estimate of drug-likeness (QED) is 0.599. The molecule has 116 valence electrons. The number of unbranched alkanes of at least 4 members (excludes halogenated alkanes) is 1. The summed E-state index contributed by atoms with van der Waals surface area (Å²) in [6.45, 7) is 10.8. The first-order chi connectivity index (χ1) is 9.84. The summed E-state index contributed by atoms with van der Waals surface area (Å²) in [5.41, 5.74) is 1.13. The molecule has 0 aliphatic rings. The van der Waals surface area contributed by atoms with Crippen LogP contribution in [0.5, 0.6) is 11.5 Å². The molecule has 1 amide bonds. The summed E-state index contributed by atoms with van der Waals surface area (Å²) in [6.07, 6.45) is 2.88. The number of carbonyl (C=O) groups is 1. The van der Waals surface area contributed by atoms with Crippen LogP contribution in [0.25, 0.3) is 0 Å². The van der Waals surface area contributed by atoms with E-state index in [-0.39, 0.29) is 17.1 Å². The van der Waals surface area contributed by atoms with E-state index in [1.165, 1.54) is 6.08 Å². The highest BCUT2D eigenvalue weighted by molar-refractivity contribution is 5.86. The number of ether oxygens (including phenoxy) is 1. The third kappa shape index (κ3) is 5.90. The molecule has 21 heavy (non-hydrogen) atoms. The van der Waals surface area contributed by atoms with Crippen molar-refractivity contribution in [1.29, 1.82) is 0 Å². The van der Waals surface area contributed by atoms with Gasteiger partial charge in [0.25, 0.3) is 0 Å². The van der Waals surface area contributed by atoms with Gasteiger partial charge < -0.3 is 15.2 Å². The summed E-state index contributed by atoms with van der Waals surface area (Å²) in [5, 5.41) is 12.5. The van der Waals surface area contributed by atoms with E-state index >= 15 is 0 Å². The van der Waals surface area contributed by atoms with Gasteiger partial charge in [0.05, 0.1) is 6.61 Å². The molecule has 0 fully saturated rings. The Morgan fingerprint density at radius 2 is 2.10 bits per heavy atom. The predicted molar refractivity (Wildman–Crippen MR) is 84.7 cm³/mol. The molecule has 2 N–H and O–H groups in total. The highest BCUT2D eigenvalue weighted by atomic mass is 16.5. The lowest BCUT2D eigenvalue weighted by Crippen LogP contribution is -2.22. The molecule has 4 heteroatoms. The summed E-state index contributed by atoms with van der Waals surface area (Å²) in [4.78, 5) is 10.9. The van der Waals surface area contributed by atoms with Gasteiger partial charge in [0.2, 0.25) is 5.91 Å². The number of benzene rings is 1. The Morgan fingerprint density at radius 3 is 2.71 bits per heavy atom. The number of phenols is 1. The number of phenolic OH excluding ortho intramolecular Hbond substituents is 1. The zero-order valence-electron chi connectivity index (χ0n) is 13.1. The largest absolute Gasteiger partial charge is 0.504 e. The van der Waals surface area contributed by atoms with Crippen molar-refractivity contribution >= 4 is 5.91 Å². The van der Waals surface area contributed by atoms with Crippen molar-refractivity contribution in [2.24, 2.45) is 0 Å². The van der Waals surface area contributed by atoms with Gasteiger partial charge >= 0.3 is 0 Å². The molecular weight excluding hydrogens is 266 g/mol. The van der Waals surface area contributed by atoms with Gasteiger partial charge in [0.1, 0.15) is 0 Å². The Hall–Kier alpha value is -1.97. The normalized spacial score (nSPS) is 11.0. The highest BCUT2D eigenvalue weighted by Crippen LogP contribution is 2.32. The summed E-state index contributed by atoms with van der Waals surface area (Å²) >= 11 is 0. The van der Waals surface area contributed by atoms with Crippen LogP contribution in [0.1, 0.15) is 39.2 Å². The van der Waals surface area contributed by atoms with E-state index in [2.05, 4.69) is 32.7 Å². The van der Waals surface area contributed by atoms with Crippen molar-refractivity contribution in [3.05, 3.63) is 36.4 Å². The summed E-state index contributed by atoms with van der Waals surface area (Å²) in [5.74, 6) is 0.506. The molecule has 0 aliphatic heterocycles. The first-order valence-electron chi connectivity index (χ1n) is 7.21. The molecule has 0 bridgehead atoms. The predicted octanol–water partition coefficient (Wildman–Crippen LogP) is 3.15. The van der Waals surface area contributed by atoms with Crippen molar-refractivity contribution in [1.82, 2.24) is 5.32 Å². The van der Waals surface area contributed by atoms with Crippen LogP contribution in [0.15, 0.2) is 30.9 Å². The molecule has 0 unspecified atom stereocenters. The summed E-state index contributed by atoms with van der Waals surface area (Å²) in [7, 11) is 0. The van der Waals surface area contributed by atoms with Crippen LogP contribution in [0.2, 0.25) is 0 Å². The third-order valence-electron chi connectivity index (χ3n) is 3.14. The zero-order chi connectivity index (χ0) is 15.9. The fourth-order valence-corrected chi connectivity index (χ4v) is 1.79. The van der Waals surface area contributed by atoms with Gasteiger partial charge in [0.15, 0.2) is 11.5 Å². The molecule has 0 aliphatic carbocycles. The minimum absolute atomic E-state index is 0.0147. The molecule has 0 saturated heterocycles. The van der Waals surface area contributed by atoms with Crippen molar-refractivity contribution in [2.45, 2.75) is 39.0 Å². The second-order valence-electron chi connectivity index (χ2n) is 5.98. The van der Waals surface area contributed by atoms with E-state index in [0.29, 0.717) is 18.9 Å². The highest BCUT2D eigenvalue weighted by Gasteiger charge is 2.15. The molecule has 0 aromatic heterocycles. The van der Waals surface area contributed by atoms with Gasteiger partial charge in [-0.25, -0.2) is 0 Å². The number of amides is 1.